The summed E-state index contributed by atoms with van der Waals surface area (Å²) in [4.78, 5) is 11.0. The van der Waals surface area contributed by atoms with Crippen molar-refractivity contribution in [2.75, 3.05) is 0 Å². The van der Waals surface area contributed by atoms with Gasteiger partial charge in [0.15, 0.2) is 0 Å². The molecule has 0 aromatic carbocycles. The van der Waals surface area contributed by atoms with Gasteiger partial charge in [0.2, 0.25) is 0 Å². The molecule has 0 aromatic rings. The van der Waals surface area contributed by atoms with E-state index in [-0.39, 0.29) is 18.1 Å². The van der Waals surface area contributed by atoms with Crippen LogP contribution in [0.4, 0.5) is 0 Å². The number of hydrogen-bond donors (Lipinski definition) is 0. The highest BCUT2D eigenvalue weighted by Gasteiger charge is 2.40. The summed E-state index contributed by atoms with van der Waals surface area (Å²) in [7, 11) is 0. The van der Waals surface area contributed by atoms with E-state index in [1.165, 1.54) is 0 Å². The zero-order valence-electron chi connectivity index (χ0n) is 8.15. The zero-order chi connectivity index (χ0) is 10.0. The topological polar surface area (TPSA) is 46.6 Å². The van der Waals surface area contributed by atoms with E-state index < -0.39 is 11.3 Å². The third kappa shape index (κ3) is 2.08. The summed E-state index contributed by atoms with van der Waals surface area (Å²) in [5.74, 6) is -0.388. The molecule has 13 heavy (non-hydrogen) atoms. The van der Waals surface area contributed by atoms with Crippen LogP contribution in [0.2, 0.25) is 0 Å². The minimum Gasteiger partial charge on any atom is -0.351 e. The molecule has 0 saturated carbocycles. The van der Waals surface area contributed by atoms with E-state index in [0.29, 0.717) is 0 Å². The molecule has 0 spiro atoms. The van der Waals surface area contributed by atoms with Crippen molar-refractivity contribution in [3.63, 3.8) is 0 Å². The Morgan fingerprint density at radius 1 is 1.69 bits per heavy atom. The van der Waals surface area contributed by atoms with Crippen LogP contribution >= 0.6 is 0 Å². The van der Waals surface area contributed by atoms with Gasteiger partial charge in [0.05, 0.1) is 0 Å². The van der Waals surface area contributed by atoms with E-state index in [9.17, 15) is 9.00 Å². The van der Waals surface area contributed by atoms with Gasteiger partial charge in [0.1, 0.15) is 6.04 Å². The normalized spacial score (nSPS) is 31.8. The molecule has 3 atom stereocenters. The molecule has 1 heterocycles. The standard InChI is InChI=1S/C8H15NO3S/c1-4-5-6(2)9-7(3)8(10)12-13(9)11/h6-7H,4-5H2,1-3H3/t6-,7+,13?/m1/s1. The monoisotopic (exact) mass is 205 g/mol. The van der Waals surface area contributed by atoms with E-state index in [1.54, 1.807) is 11.2 Å². The maximum absolute atomic E-state index is 11.3. The minimum atomic E-state index is -1.57. The lowest BCUT2D eigenvalue weighted by molar-refractivity contribution is -0.134. The maximum atomic E-state index is 11.3. The Bertz CT molecular complexity index is 231. The molecule has 1 saturated heterocycles. The smallest absolute Gasteiger partial charge is 0.339 e. The molecular formula is C8H15NO3S. The summed E-state index contributed by atoms with van der Waals surface area (Å²) < 4.78 is 17.5. The molecule has 1 aliphatic heterocycles. The number of carbonyl (C=O) groups excluding carboxylic acids is 1. The fourth-order valence-electron chi connectivity index (χ4n) is 1.49. The van der Waals surface area contributed by atoms with E-state index in [4.69, 9.17) is 0 Å². The lowest BCUT2D eigenvalue weighted by Gasteiger charge is -2.21. The molecule has 0 aliphatic carbocycles. The minimum absolute atomic E-state index is 0.132. The van der Waals surface area contributed by atoms with Crippen molar-refractivity contribution in [1.82, 2.24) is 4.31 Å². The summed E-state index contributed by atoms with van der Waals surface area (Å²) in [6, 6.07) is -0.241. The van der Waals surface area contributed by atoms with Crippen LogP contribution < -0.4 is 0 Å². The Balaban J connectivity index is 2.67. The molecule has 0 amide bonds. The Hall–Kier alpha value is -0.420. The van der Waals surface area contributed by atoms with Crippen LogP contribution in [0.3, 0.4) is 0 Å². The van der Waals surface area contributed by atoms with Crippen LogP contribution in [-0.2, 0) is 20.2 Å². The van der Waals surface area contributed by atoms with Gasteiger partial charge in [-0.05, 0) is 20.3 Å². The summed E-state index contributed by atoms with van der Waals surface area (Å²) in [6.45, 7) is 5.74. The SMILES string of the molecule is CCC[C@@H](C)N1[C@@H](C)C(=O)OS1=O. The van der Waals surface area contributed by atoms with Crippen LogP contribution in [-0.4, -0.2) is 26.6 Å². The molecule has 0 N–H and O–H groups in total. The van der Waals surface area contributed by atoms with Crippen LogP contribution in [0.25, 0.3) is 0 Å². The van der Waals surface area contributed by atoms with Crippen molar-refractivity contribution in [1.29, 1.82) is 0 Å². The molecule has 0 radical (unpaired) electrons. The Labute approximate surface area is 81.0 Å². The average Bonchev–Trinajstić information content (AvgIpc) is 2.27. The number of carbonyl (C=O) groups is 1. The quantitative estimate of drug-likeness (QED) is 0.690. The molecule has 1 unspecified atom stereocenters. The summed E-state index contributed by atoms with van der Waals surface area (Å²) in [5.41, 5.74) is 0. The predicted octanol–water partition coefficient (Wildman–Crippen LogP) is 1.00. The first kappa shape index (κ1) is 10.7. The van der Waals surface area contributed by atoms with Crippen molar-refractivity contribution < 1.29 is 13.2 Å². The largest absolute Gasteiger partial charge is 0.351 e. The van der Waals surface area contributed by atoms with Crippen molar-refractivity contribution in [2.45, 2.75) is 45.7 Å². The number of nitrogens with zero attached hydrogens (tertiary/aromatic N) is 1. The second-order valence-corrected chi connectivity index (χ2v) is 4.32. The summed E-state index contributed by atoms with van der Waals surface area (Å²) in [6.07, 6.45) is 1.93. The molecule has 76 valence electrons. The van der Waals surface area contributed by atoms with Gasteiger partial charge < -0.3 is 4.18 Å². The lowest BCUT2D eigenvalue weighted by Crippen LogP contribution is -2.37. The van der Waals surface area contributed by atoms with Gasteiger partial charge in [-0.1, -0.05) is 13.3 Å². The van der Waals surface area contributed by atoms with Crippen LogP contribution in [0.5, 0.6) is 0 Å². The van der Waals surface area contributed by atoms with Crippen molar-refractivity contribution >= 4 is 17.2 Å². The highest BCUT2D eigenvalue weighted by molar-refractivity contribution is 7.78. The first-order valence-corrected chi connectivity index (χ1v) is 5.53. The van der Waals surface area contributed by atoms with Gasteiger partial charge in [-0.25, -0.2) is 4.79 Å². The van der Waals surface area contributed by atoms with Crippen LogP contribution in [0.1, 0.15) is 33.6 Å². The van der Waals surface area contributed by atoms with Crippen molar-refractivity contribution in [3.05, 3.63) is 0 Å². The molecule has 1 fully saturated rings. The van der Waals surface area contributed by atoms with Crippen LogP contribution in [0, 0.1) is 0 Å². The van der Waals surface area contributed by atoms with Gasteiger partial charge in [-0.2, -0.15) is 8.51 Å². The second-order valence-electron chi connectivity index (χ2n) is 3.29. The lowest BCUT2D eigenvalue weighted by atomic mass is 10.2. The molecule has 0 bridgehead atoms. The van der Waals surface area contributed by atoms with E-state index in [0.717, 1.165) is 12.8 Å². The van der Waals surface area contributed by atoms with Crippen molar-refractivity contribution in [2.24, 2.45) is 0 Å². The Morgan fingerprint density at radius 2 is 2.31 bits per heavy atom. The first-order chi connectivity index (χ1) is 6.07. The maximum Gasteiger partial charge on any atom is 0.339 e. The molecule has 1 aliphatic rings. The molecular weight excluding hydrogens is 190 g/mol. The Kier molecular flexibility index (Phi) is 3.44. The van der Waals surface area contributed by atoms with Crippen LogP contribution in [0.15, 0.2) is 0 Å². The summed E-state index contributed by atoms with van der Waals surface area (Å²) in [5, 5.41) is 0. The third-order valence-electron chi connectivity index (χ3n) is 2.19. The highest BCUT2D eigenvalue weighted by Crippen LogP contribution is 2.21. The summed E-state index contributed by atoms with van der Waals surface area (Å²) >= 11 is -1.57. The molecule has 4 nitrogen and oxygen atoms in total. The molecule has 1 rings (SSSR count). The van der Waals surface area contributed by atoms with Gasteiger partial charge >= 0.3 is 5.97 Å². The van der Waals surface area contributed by atoms with Gasteiger partial charge in [-0.15, -0.1) is 0 Å². The molecule has 5 heteroatoms. The third-order valence-corrected chi connectivity index (χ3v) is 3.52. The number of hydrogen-bond acceptors (Lipinski definition) is 3. The Morgan fingerprint density at radius 3 is 2.69 bits per heavy atom. The average molecular weight is 205 g/mol. The zero-order valence-corrected chi connectivity index (χ0v) is 8.97. The van der Waals surface area contributed by atoms with Gasteiger partial charge in [-0.3, -0.25) is 0 Å². The van der Waals surface area contributed by atoms with Crippen molar-refractivity contribution in [3.8, 4) is 0 Å². The fourth-order valence-corrected chi connectivity index (χ4v) is 2.60. The first-order valence-electron chi connectivity index (χ1n) is 4.50. The van der Waals surface area contributed by atoms with E-state index >= 15 is 0 Å². The van der Waals surface area contributed by atoms with E-state index in [2.05, 4.69) is 11.1 Å². The number of rotatable bonds is 3. The fraction of sp³-hybridized carbons (Fsp3) is 0.875. The molecule has 0 aromatic heterocycles. The second kappa shape index (κ2) is 4.19. The predicted molar refractivity (Wildman–Crippen MR) is 49.9 cm³/mol. The highest BCUT2D eigenvalue weighted by atomic mass is 32.2. The van der Waals surface area contributed by atoms with Gasteiger partial charge in [0, 0.05) is 6.04 Å². The van der Waals surface area contributed by atoms with Gasteiger partial charge in [0.25, 0.3) is 11.3 Å². The van der Waals surface area contributed by atoms with E-state index in [1.807, 2.05) is 6.92 Å².